The van der Waals surface area contributed by atoms with E-state index in [1.807, 2.05) is 12.1 Å². The Bertz CT molecular complexity index is 3480. The van der Waals surface area contributed by atoms with Crippen LogP contribution in [0.25, 0.3) is 110 Å². The van der Waals surface area contributed by atoms with Crippen molar-refractivity contribution in [3.05, 3.63) is 194 Å². The van der Waals surface area contributed by atoms with Crippen molar-refractivity contribution in [2.24, 2.45) is 0 Å². The quantitative estimate of drug-likeness (QED) is 0.175. The summed E-state index contributed by atoms with van der Waals surface area (Å²) in [5.74, 6) is 0. The van der Waals surface area contributed by atoms with E-state index < -0.39 is 6.04 Å². The van der Waals surface area contributed by atoms with Crippen LogP contribution in [0.3, 0.4) is 0 Å². The molecule has 0 aromatic heterocycles. The molecule has 0 fully saturated rings. The van der Waals surface area contributed by atoms with Crippen molar-refractivity contribution in [3.8, 4) is 77.9 Å². The third-order valence-electron chi connectivity index (χ3n) is 11.4. The van der Waals surface area contributed by atoms with Gasteiger partial charge >= 0.3 is 0 Å². The van der Waals surface area contributed by atoms with Crippen molar-refractivity contribution in [1.82, 2.24) is 0 Å². The maximum Gasteiger partial charge on any atom is 0.0629 e. The summed E-state index contributed by atoms with van der Waals surface area (Å²) in [6, 6.07) is 56.6. The lowest BCUT2D eigenvalue weighted by Gasteiger charge is -2.22. The zero-order chi connectivity index (χ0) is 40.4. The SMILES string of the molecule is [2H]c1c([2H])c([2H])c(-c2cc(-c3ccc4c(c3)-c3cccc5cccc(c35)S4)cc(-c3c4c(c(-c5ccccc5)c5ccccc35)-c3cccc5cccc-4c35)c2)c([2H])c1[2H]. The third-order valence-corrected chi connectivity index (χ3v) is 12.6. The van der Waals surface area contributed by atoms with Crippen LogP contribution in [-0.4, -0.2) is 0 Å². The molecule has 1 aliphatic heterocycles. The monoisotopic (exact) mass is 717 g/mol. The van der Waals surface area contributed by atoms with Crippen molar-refractivity contribution < 1.29 is 6.85 Å². The van der Waals surface area contributed by atoms with Gasteiger partial charge in [0, 0.05) is 15.2 Å². The average Bonchev–Trinajstić information content (AvgIpc) is 3.62. The summed E-state index contributed by atoms with van der Waals surface area (Å²) in [7, 11) is 0. The summed E-state index contributed by atoms with van der Waals surface area (Å²) in [5, 5.41) is 7.04. The largest absolute Gasteiger partial charge is 0.0888 e. The molecule has 1 heteroatoms. The topological polar surface area (TPSA) is 0 Å². The molecule has 0 unspecified atom stereocenters. The van der Waals surface area contributed by atoms with Crippen LogP contribution in [0.5, 0.6) is 0 Å². The Kier molecular flexibility index (Phi) is 5.67. The standard InChI is InChI=1S/C54H32S/c1-3-13-33(14-4-1)38-29-39(37-27-28-47-46(32-37)43-23-9-19-35-20-12-26-48(55-47)50(35)43)31-40(30-38)52-42-22-8-7-21-41(42)51(36-15-5-2-6-16-36)53-44-24-10-17-34-18-11-25-45(49(34)44)54(52)53/h1-32H/i1D,3D,4D,13D,14D. The van der Waals surface area contributed by atoms with Crippen molar-refractivity contribution in [2.45, 2.75) is 9.79 Å². The smallest absolute Gasteiger partial charge is 0.0629 e. The molecule has 0 saturated heterocycles. The van der Waals surface area contributed by atoms with Gasteiger partial charge in [-0.05, 0) is 141 Å². The highest BCUT2D eigenvalue weighted by Crippen LogP contribution is 2.58. The van der Waals surface area contributed by atoms with Crippen LogP contribution in [0.4, 0.5) is 0 Å². The van der Waals surface area contributed by atoms with E-state index in [2.05, 4.69) is 152 Å². The minimum atomic E-state index is -0.405. The zero-order valence-corrected chi connectivity index (χ0v) is 30.3. The summed E-state index contributed by atoms with van der Waals surface area (Å²) in [6.07, 6.45) is 0. The van der Waals surface area contributed by atoms with Gasteiger partial charge in [0.05, 0.1) is 6.85 Å². The van der Waals surface area contributed by atoms with Gasteiger partial charge in [0.2, 0.25) is 0 Å². The molecule has 0 N–H and O–H groups in total. The van der Waals surface area contributed by atoms with E-state index in [-0.39, 0.29) is 29.7 Å². The van der Waals surface area contributed by atoms with Gasteiger partial charge in [0.25, 0.3) is 0 Å². The van der Waals surface area contributed by atoms with Crippen LogP contribution in [0.15, 0.2) is 204 Å². The minimum Gasteiger partial charge on any atom is -0.0888 e. The lowest BCUT2D eigenvalue weighted by Crippen LogP contribution is -1.95. The van der Waals surface area contributed by atoms with E-state index in [1.165, 1.54) is 53.6 Å². The average molecular weight is 718 g/mol. The molecular formula is C54H32S. The Morgan fingerprint density at radius 2 is 0.909 bits per heavy atom. The molecule has 10 aromatic rings. The molecule has 254 valence electrons. The molecule has 0 spiro atoms. The van der Waals surface area contributed by atoms with E-state index in [0.717, 1.165) is 55.3 Å². The maximum atomic E-state index is 9.15. The Balaban J connectivity index is 1.20. The van der Waals surface area contributed by atoms with Gasteiger partial charge in [-0.3, -0.25) is 0 Å². The lowest BCUT2D eigenvalue weighted by atomic mass is 9.81. The molecule has 0 bridgehead atoms. The first-order valence-electron chi connectivity index (χ1n) is 21.1. The van der Waals surface area contributed by atoms with Crippen LogP contribution in [-0.2, 0) is 0 Å². The van der Waals surface area contributed by atoms with Gasteiger partial charge in [-0.2, -0.15) is 0 Å². The molecule has 2 aliphatic rings. The number of hydrogen-bond acceptors (Lipinski definition) is 1. The van der Waals surface area contributed by atoms with Crippen LogP contribution in [0.1, 0.15) is 6.85 Å². The van der Waals surface area contributed by atoms with Crippen LogP contribution in [0.2, 0.25) is 0 Å². The van der Waals surface area contributed by atoms with E-state index in [1.54, 1.807) is 11.8 Å². The Morgan fingerprint density at radius 3 is 1.62 bits per heavy atom. The first-order chi connectivity index (χ1) is 29.4. The summed E-state index contributed by atoms with van der Waals surface area (Å²) >= 11 is 1.78. The van der Waals surface area contributed by atoms with E-state index in [0.29, 0.717) is 5.56 Å². The predicted molar refractivity (Wildman–Crippen MR) is 235 cm³/mol. The molecule has 1 heterocycles. The molecular weight excluding hydrogens is 681 g/mol. The highest BCUT2D eigenvalue weighted by Gasteiger charge is 2.31. The summed E-state index contributed by atoms with van der Waals surface area (Å²) in [4.78, 5) is 2.42. The predicted octanol–water partition coefficient (Wildman–Crippen LogP) is 15.6. The lowest BCUT2D eigenvalue weighted by molar-refractivity contribution is 1.39. The number of hydrogen-bond donors (Lipinski definition) is 0. The van der Waals surface area contributed by atoms with Gasteiger partial charge in [0.15, 0.2) is 0 Å². The van der Waals surface area contributed by atoms with Crippen molar-refractivity contribution in [2.75, 3.05) is 0 Å². The van der Waals surface area contributed by atoms with Gasteiger partial charge in [0.1, 0.15) is 0 Å². The van der Waals surface area contributed by atoms with E-state index >= 15 is 0 Å². The van der Waals surface area contributed by atoms with Crippen LogP contribution < -0.4 is 0 Å². The molecule has 0 amide bonds. The Morgan fingerprint density at radius 1 is 0.327 bits per heavy atom. The fourth-order valence-corrected chi connectivity index (χ4v) is 10.3. The van der Waals surface area contributed by atoms with E-state index in [4.69, 9.17) is 6.85 Å². The number of fused-ring (bicyclic) bond motifs is 6. The molecule has 1 aliphatic carbocycles. The number of rotatable bonds is 4. The Hall–Kier alpha value is -6.67. The van der Waals surface area contributed by atoms with Gasteiger partial charge < -0.3 is 0 Å². The van der Waals surface area contributed by atoms with Crippen LogP contribution >= 0.6 is 11.8 Å². The van der Waals surface area contributed by atoms with Crippen molar-refractivity contribution in [1.29, 1.82) is 0 Å². The maximum absolute atomic E-state index is 9.15. The van der Waals surface area contributed by atoms with Gasteiger partial charge in [-0.1, -0.05) is 169 Å². The highest BCUT2D eigenvalue weighted by atomic mass is 32.2. The van der Waals surface area contributed by atoms with Gasteiger partial charge in [-0.25, -0.2) is 0 Å². The normalized spacial score (nSPS) is 13.6. The molecule has 10 aromatic carbocycles. The third kappa shape index (κ3) is 4.60. The second kappa shape index (κ2) is 11.9. The molecule has 12 rings (SSSR count). The highest BCUT2D eigenvalue weighted by molar-refractivity contribution is 7.99. The van der Waals surface area contributed by atoms with Crippen molar-refractivity contribution in [3.63, 3.8) is 0 Å². The first kappa shape index (κ1) is 26.2. The second-order valence-corrected chi connectivity index (χ2v) is 15.5. The summed E-state index contributed by atoms with van der Waals surface area (Å²) in [6.45, 7) is 0. The molecule has 55 heavy (non-hydrogen) atoms. The van der Waals surface area contributed by atoms with E-state index in [9.17, 15) is 0 Å². The van der Waals surface area contributed by atoms with Gasteiger partial charge in [-0.15, -0.1) is 0 Å². The number of benzene rings is 10. The fourth-order valence-electron chi connectivity index (χ4n) is 9.16. The Labute approximate surface area is 331 Å². The zero-order valence-electron chi connectivity index (χ0n) is 34.5. The first-order valence-corrected chi connectivity index (χ1v) is 19.4. The van der Waals surface area contributed by atoms with Crippen molar-refractivity contribution >= 4 is 44.1 Å². The molecule has 0 nitrogen and oxygen atoms in total. The second-order valence-electron chi connectivity index (χ2n) is 14.4. The summed E-state index contributed by atoms with van der Waals surface area (Å²) in [5.41, 5.74) is 13.9. The molecule has 0 saturated carbocycles. The summed E-state index contributed by atoms with van der Waals surface area (Å²) < 4.78 is 44.1. The minimum absolute atomic E-state index is 0.184. The van der Waals surface area contributed by atoms with Crippen LogP contribution in [0, 0.1) is 0 Å². The fraction of sp³-hybridized carbons (Fsp3) is 0. The molecule has 0 radical (unpaired) electrons. The molecule has 0 atom stereocenters.